The van der Waals surface area contributed by atoms with Gasteiger partial charge in [-0.1, -0.05) is 25.2 Å². The second-order valence-corrected chi connectivity index (χ2v) is 12.1. The van der Waals surface area contributed by atoms with Crippen molar-refractivity contribution in [2.45, 2.75) is 45.6 Å². The highest BCUT2D eigenvalue weighted by molar-refractivity contribution is 7.89. The van der Waals surface area contributed by atoms with Crippen LogP contribution in [0.25, 0.3) is 10.2 Å². The number of aryl methyl sites for hydroxylation is 1. The molecule has 186 valence electrons. The van der Waals surface area contributed by atoms with Gasteiger partial charge in [0.15, 0.2) is 4.80 Å². The van der Waals surface area contributed by atoms with Crippen LogP contribution in [-0.2, 0) is 21.4 Å². The van der Waals surface area contributed by atoms with Gasteiger partial charge in [-0.15, -0.1) is 0 Å². The lowest BCUT2D eigenvalue weighted by Crippen LogP contribution is -2.42. The van der Waals surface area contributed by atoms with Crippen LogP contribution in [0.1, 0.15) is 44.5 Å². The normalized spacial score (nSPS) is 19.7. The summed E-state index contributed by atoms with van der Waals surface area (Å²) in [5, 5.41) is 2.76. The van der Waals surface area contributed by atoms with Crippen molar-refractivity contribution in [2.24, 2.45) is 16.8 Å². The topological polar surface area (TPSA) is 101 Å². The summed E-state index contributed by atoms with van der Waals surface area (Å²) >= 11 is 1.36. The molecule has 1 aliphatic heterocycles. The molecular formula is C25H30N4O4S2. The largest absolute Gasteiger partial charge is 0.326 e. The number of nitrogens with one attached hydrogen (secondary N) is 1. The van der Waals surface area contributed by atoms with E-state index in [9.17, 15) is 18.0 Å². The van der Waals surface area contributed by atoms with Crippen LogP contribution in [0.4, 0.5) is 5.69 Å². The van der Waals surface area contributed by atoms with Crippen molar-refractivity contribution in [1.29, 1.82) is 0 Å². The van der Waals surface area contributed by atoms with Gasteiger partial charge in [0, 0.05) is 37.8 Å². The fraction of sp³-hybridized carbons (Fsp3) is 0.400. The van der Waals surface area contributed by atoms with E-state index < -0.39 is 15.9 Å². The highest BCUT2D eigenvalue weighted by Gasteiger charge is 2.31. The first-order valence-corrected chi connectivity index (χ1v) is 13.9. The zero-order valence-corrected chi connectivity index (χ0v) is 21.9. The average molecular weight is 515 g/mol. The number of hydrogen-bond donors (Lipinski definition) is 1. The molecule has 1 saturated heterocycles. The Labute approximate surface area is 209 Å². The van der Waals surface area contributed by atoms with Crippen molar-refractivity contribution in [2.75, 3.05) is 18.4 Å². The molecule has 2 amide bonds. The molecule has 2 heterocycles. The molecule has 2 aromatic carbocycles. The maximum absolute atomic E-state index is 13.1. The maximum atomic E-state index is 13.1. The van der Waals surface area contributed by atoms with Crippen LogP contribution in [0.3, 0.4) is 0 Å². The first-order chi connectivity index (χ1) is 16.6. The van der Waals surface area contributed by atoms with Gasteiger partial charge in [-0.25, -0.2) is 8.42 Å². The molecule has 4 rings (SSSR count). The molecule has 0 spiro atoms. The van der Waals surface area contributed by atoms with Gasteiger partial charge in [-0.05, 0) is 67.6 Å². The van der Waals surface area contributed by atoms with E-state index in [1.807, 2.05) is 29.7 Å². The van der Waals surface area contributed by atoms with E-state index in [0.717, 1.165) is 16.6 Å². The zero-order valence-electron chi connectivity index (χ0n) is 20.3. The van der Waals surface area contributed by atoms with Crippen LogP contribution in [0.2, 0.25) is 0 Å². The van der Waals surface area contributed by atoms with Crippen molar-refractivity contribution in [3.63, 3.8) is 0 Å². The fourth-order valence-corrected chi connectivity index (χ4v) is 7.43. The van der Waals surface area contributed by atoms with Crippen LogP contribution in [0.5, 0.6) is 0 Å². The molecule has 1 fully saturated rings. The lowest BCUT2D eigenvalue weighted by molar-refractivity contribution is -0.114. The van der Waals surface area contributed by atoms with Gasteiger partial charge in [0.05, 0.1) is 15.1 Å². The molecule has 2 unspecified atom stereocenters. The SMILES string of the molecule is CCn1c(=NC(=O)c2ccc(S(=O)(=O)N3CC(C)CC(C)C3)cc2)sc2cc(NC(C)=O)ccc21. The number of anilines is 1. The van der Waals surface area contributed by atoms with Crippen molar-refractivity contribution in [3.05, 3.63) is 52.8 Å². The fourth-order valence-electron chi connectivity index (χ4n) is 4.62. The van der Waals surface area contributed by atoms with Gasteiger partial charge in [-0.3, -0.25) is 9.59 Å². The Morgan fingerprint density at radius 1 is 1.09 bits per heavy atom. The number of carbonyl (C=O) groups is 2. The summed E-state index contributed by atoms with van der Waals surface area (Å²) in [5.41, 5.74) is 1.93. The van der Waals surface area contributed by atoms with E-state index in [-0.39, 0.29) is 10.8 Å². The first-order valence-electron chi connectivity index (χ1n) is 11.7. The first kappa shape index (κ1) is 25.3. The van der Waals surface area contributed by atoms with Crippen LogP contribution < -0.4 is 10.1 Å². The number of aromatic nitrogens is 1. The third kappa shape index (κ3) is 5.39. The van der Waals surface area contributed by atoms with Crippen LogP contribution in [0, 0.1) is 11.8 Å². The van der Waals surface area contributed by atoms with E-state index in [1.54, 1.807) is 4.31 Å². The summed E-state index contributed by atoms with van der Waals surface area (Å²) in [7, 11) is -3.61. The van der Waals surface area contributed by atoms with Crippen molar-refractivity contribution in [1.82, 2.24) is 8.87 Å². The van der Waals surface area contributed by atoms with E-state index in [1.165, 1.54) is 42.5 Å². The number of amides is 2. The second kappa shape index (κ2) is 10.0. The number of hydrogen-bond acceptors (Lipinski definition) is 5. The Morgan fingerprint density at radius 3 is 2.34 bits per heavy atom. The van der Waals surface area contributed by atoms with Crippen molar-refractivity contribution in [3.8, 4) is 0 Å². The number of thiazole rings is 1. The van der Waals surface area contributed by atoms with Crippen LogP contribution >= 0.6 is 11.3 Å². The minimum Gasteiger partial charge on any atom is -0.326 e. The van der Waals surface area contributed by atoms with Gasteiger partial charge in [0.2, 0.25) is 15.9 Å². The van der Waals surface area contributed by atoms with Gasteiger partial charge >= 0.3 is 0 Å². The maximum Gasteiger partial charge on any atom is 0.279 e. The lowest BCUT2D eigenvalue weighted by Gasteiger charge is -2.34. The van der Waals surface area contributed by atoms with E-state index in [0.29, 0.717) is 47.5 Å². The smallest absolute Gasteiger partial charge is 0.279 e. The predicted octanol–water partition coefficient (Wildman–Crippen LogP) is 4.09. The molecule has 10 heteroatoms. The Kier molecular flexibility index (Phi) is 7.25. The number of fused-ring (bicyclic) bond motifs is 1. The molecule has 3 aromatic rings. The molecule has 1 aromatic heterocycles. The Morgan fingerprint density at radius 2 is 1.74 bits per heavy atom. The van der Waals surface area contributed by atoms with Crippen LogP contribution in [-0.4, -0.2) is 42.2 Å². The Bertz CT molecular complexity index is 1430. The third-order valence-electron chi connectivity index (χ3n) is 6.09. The summed E-state index contributed by atoms with van der Waals surface area (Å²) in [6.45, 7) is 9.20. The molecule has 8 nitrogen and oxygen atoms in total. The van der Waals surface area contributed by atoms with Crippen LogP contribution in [0.15, 0.2) is 52.4 Å². The highest BCUT2D eigenvalue weighted by Crippen LogP contribution is 2.27. The van der Waals surface area contributed by atoms with E-state index in [2.05, 4.69) is 24.2 Å². The third-order valence-corrected chi connectivity index (χ3v) is 8.98. The molecule has 0 aliphatic carbocycles. The number of piperidine rings is 1. The minimum atomic E-state index is -3.61. The average Bonchev–Trinajstić information content (AvgIpc) is 3.14. The number of benzene rings is 2. The summed E-state index contributed by atoms with van der Waals surface area (Å²) in [6, 6.07) is 11.6. The standard InChI is InChI=1S/C25H30N4O4S2/c1-5-29-22-11-8-20(26-18(4)30)13-23(22)34-25(29)27-24(31)19-6-9-21(10-7-19)35(32,33)28-14-16(2)12-17(3)15-28/h6-11,13,16-17H,5,12,14-15H2,1-4H3,(H,26,30). The van der Waals surface area contributed by atoms with Crippen molar-refractivity contribution < 1.29 is 18.0 Å². The second-order valence-electron chi connectivity index (χ2n) is 9.20. The molecule has 2 atom stereocenters. The number of sulfonamides is 1. The minimum absolute atomic E-state index is 0.154. The van der Waals surface area contributed by atoms with Gasteiger partial charge in [-0.2, -0.15) is 9.30 Å². The Hall–Kier alpha value is -2.82. The quantitative estimate of drug-likeness (QED) is 0.554. The van der Waals surface area contributed by atoms with E-state index in [4.69, 9.17) is 0 Å². The number of rotatable bonds is 5. The molecular weight excluding hydrogens is 484 g/mol. The molecule has 35 heavy (non-hydrogen) atoms. The van der Waals surface area contributed by atoms with Gasteiger partial charge < -0.3 is 9.88 Å². The molecule has 0 saturated carbocycles. The molecule has 1 N–H and O–H groups in total. The van der Waals surface area contributed by atoms with Gasteiger partial charge in [0.25, 0.3) is 5.91 Å². The van der Waals surface area contributed by atoms with Crippen molar-refractivity contribution >= 4 is 49.1 Å². The summed E-state index contributed by atoms with van der Waals surface area (Å²) in [5.74, 6) is 0.0345. The Balaban J connectivity index is 1.61. The summed E-state index contributed by atoms with van der Waals surface area (Å²) in [4.78, 5) is 29.4. The van der Waals surface area contributed by atoms with Gasteiger partial charge in [0.1, 0.15) is 0 Å². The number of carbonyl (C=O) groups excluding carboxylic acids is 2. The van der Waals surface area contributed by atoms with E-state index >= 15 is 0 Å². The molecule has 0 bridgehead atoms. The predicted molar refractivity (Wildman–Crippen MR) is 138 cm³/mol. The molecule has 0 radical (unpaired) electrons. The monoisotopic (exact) mass is 514 g/mol. The lowest BCUT2D eigenvalue weighted by atomic mass is 9.94. The number of nitrogens with zero attached hydrogens (tertiary/aromatic N) is 3. The summed E-state index contributed by atoms with van der Waals surface area (Å²) < 4.78 is 30.6. The highest BCUT2D eigenvalue weighted by atomic mass is 32.2. The summed E-state index contributed by atoms with van der Waals surface area (Å²) in [6.07, 6.45) is 1.02. The zero-order chi connectivity index (χ0) is 25.3. The molecule has 1 aliphatic rings.